The van der Waals surface area contributed by atoms with E-state index in [9.17, 15) is 4.79 Å². The second-order valence-corrected chi connectivity index (χ2v) is 6.74. The molecule has 4 rings (SSSR count). The highest BCUT2D eigenvalue weighted by molar-refractivity contribution is 5.97. The van der Waals surface area contributed by atoms with Gasteiger partial charge in [0.1, 0.15) is 11.4 Å². The second kappa shape index (κ2) is 7.07. The van der Waals surface area contributed by atoms with Gasteiger partial charge < -0.3 is 14.8 Å². The predicted molar refractivity (Wildman–Crippen MR) is 102 cm³/mol. The number of rotatable bonds is 5. The number of hydrogen-bond acceptors (Lipinski definition) is 3. The van der Waals surface area contributed by atoms with E-state index in [1.165, 1.54) is 5.69 Å². The Labute approximate surface area is 153 Å². The molecule has 1 amide bonds. The summed E-state index contributed by atoms with van der Waals surface area (Å²) in [5.41, 5.74) is 1.85. The molecule has 1 aliphatic rings. The summed E-state index contributed by atoms with van der Waals surface area (Å²) >= 11 is 0. The van der Waals surface area contributed by atoms with Crippen molar-refractivity contribution >= 4 is 11.6 Å². The van der Waals surface area contributed by atoms with Crippen LogP contribution < -0.4 is 10.2 Å². The first-order valence-corrected chi connectivity index (χ1v) is 8.96. The second-order valence-electron chi connectivity index (χ2n) is 6.74. The Morgan fingerprint density at radius 3 is 2.73 bits per heavy atom. The molecule has 3 heterocycles. The molecule has 0 aliphatic carbocycles. The minimum absolute atomic E-state index is 0.0695. The lowest BCUT2D eigenvalue weighted by atomic mass is 10.1. The van der Waals surface area contributed by atoms with Gasteiger partial charge in [-0.05, 0) is 36.6 Å². The first-order chi connectivity index (χ1) is 12.7. The molecule has 1 atom stereocenters. The molecule has 0 bridgehead atoms. The number of anilines is 1. The summed E-state index contributed by atoms with van der Waals surface area (Å²) in [5.74, 6) is 1.18. The number of hydrogen-bond donors (Lipinski definition) is 1. The summed E-state index contributed by atoms with van der Waals surface area (Å²) < 4.78 is 3.64. The first kappa shape index (κ1) is 16.4. The normalized spacial score (nSPS) is 16.8. The molecule has 0 radical (unpaired) electrons. The van der Waals surface area contributed by atoms with E-state index in [4.69, 9.17) is 0 Å². The number of amides is 1. The third kappa shape index (κ3) is 3.22. The summed E-state index contributed by atoms with van der Waals surface area (Å²) in [6, 6.07) is 14.3. The zero-order valence-corrected chi connectivity index (χ0v) is 14.9. The highest BCUT2D eigenvalue weighted by Crippen LogP contribution is 2.23. The van der Waals surface area contributed by atoms with Gasteiger partial charge in [0.25, 0.3) is 5.91 Å². The van der Waals surface area contributed by atoms with Crippen LogP contribution in [0.2, 0.25) is 0 Å². The van der Waals surface area contributed by atoms with Crippen molar-refractivity contribution in [1.82, 2.24) is 19.7 Å². The summed E-state index contributed by atoms with van der Waals surface area (Å²) in [6.45, 7) is 2.69. The Morgan fingerprint density at radius 1 is 1.19 bits per heavy atom. The Balaban J connectivity index is 1.38. The van der Waals surface area contributed by atoms with Gasteiger partial charge in [-0.1, -0.05) is 18.2 Å². The molecule has 2 aromatic heterocycles. The van der Waals surface area contributed by atoms with Crippen LogP contribution in [0.1, 0.15) is 16.8 Å². The monoisotopic (exact) mass is 349 g/mol. The van der Waals surface area contributed by atoms with Gasteiger partial charge in [-0.15, -0.1) is 0 Å². The van der Waals surface area contributed by atoms with Crippen LogP contribution in [0.4, 0.5) is 5.69 Å². The van der Waals surface area contributed by atoms with Gasteiger partial charge in [0.05, 0.1) is 6.20 Å². The highest BCUT2D eigenvalue weighted by atomic mass is 16.1. The largest absolute Gasteiger partial charge is 0.371 e. The van der Waals surface area contributed by atoms with Crippen LogP contribution in [0.15, 0.2) is 61.1 Å². The van der Waals surface area contributed by atoms with E-state index in [2.05, 4.69) is 39.6 Å². The fourth-order valence-corrected chi connectivity index (χ4v) is 3.58. The molecule has 0 saturated carbocycles. The third-order valence-corrected chi connectivity index (χ3v) is 4.96. The topological polar surface area (TPSA) is 55.1 Å². The van der Waals surface area contributed by atoms with Crippen LogP contribution in [0.3, 0.4) is 0 Å². The fourth-order valence-electron chi connectivity index (χ4n) is 3.58. The lowest BCUT2D eigenvalue weighted by molar-refractivity contribution is 0.0948. The van der Waals surface area contributed by atoms with Crippen molar-refractivity contribution in [3.05, 3.63) is 66.6 Å². The van der Waals surface area contributed by atoms with Gasteiger partial charge in [0, 0.05) is 44.8 Å². The standard InChI is InChI=1S/C20H23N5O/c1-23-20(24-10-5-6-11-24)18(14-22-23)19(26)21-13-16-9-12-25(15-16)17-7-3-2-4-8-17/h2-8,10-11,14,16H,9,12-13,15H2,1H3,(H,21,26). The molecule has 1 N–H and O–H groups in total. The van der Waals surface area contributed by atoms with Crippen molar-refractivity contribution in [2.45, 2.75) is 6.42 Å². The molecule has 3 aromatic rings. The SMILES string of the molecule is Cn1ncc(C(=O)NCC2CCN(c3ccccc3)C2)c1-n1cccc1. The van der Waals surface area contributed by atoms with Crippen LogP contribution in [0.5, 0.6) is 0 Å². The van der Waals surface area contributed by atoms with Gasteiger partial charge >= 0.3 is 0 Å². The Morgan fingerprint density at radius 2 is 1.96 bits per heavy atom. The zero-order valence-electron chi connectivity index (χ0n) is 14.9. The quantitative estimate of drug-likeness (QED) is 0.770. The molecule has 6 heteroatoms. The van der Waals surface area contributed by atoms with E-state index >= 15 is 0 Å². The van der Waals surface area contributed by atoms with E-state index in [1.54, 1.807) is 10.9 Å². The highest BCUT2D eigenvalue weighted by Gasteiger charge is 2.24. The fraction of sp³-hybridized carbons (Fsp3) is 0.300. The Kier molecular flexibility index (Phi) is 4.48. The van der Waals surface area contributed by atoms with Crippen LogP contribution in [0, 0.1) is 5.92 Å². The average molecular weight is 349 g/mol. The van der Waals surface area contributed by atoms with E-state index in [1.807, 2.05) is 42.2 Å². The number of aryl methyl sites for hydroxylation is 1. The number of aromatic nitrogens is 3. The number of para-hydroxylation sites is 1. The van der Waals surface area contributed by atoms with Crippen molar-refractivity contribution in [3.63, 3.8) is 0 Å². The minimum Gasteiger partial charge on any atom is -0.371 e. The predicted octanol–water partition coefficient (Wildman–Crippen LogP) is 2.47. The van der Waals surface area contributed by atoms with E-state index < -0.39 is 0 Å². The van der Waals surface area contributed by atoms with E-state index in [0.717, 1.165) is 25.3 Å². The lowest BCUT2D eigenvalue weighted by Crippen LogP contribution is -2.31. The Bertz CT molecular complexity index is 869. The number of nitrogens with one attached hydrogen (secondary N) is 1. The smallest absolute Gasteiger partial charge is 0.256 e. The zero-order chi connectivity index (χ0) is 17.9. The average Bonchev–Trinajstić information content (AvgIpc) is 3.41. The number of carbonyl (C=O) groups is 1. The van der Waals surface area contributed by atoms with Gasteiger partial charge in [-0.2, -0.15) is 5.10 Å². The number of carbonyl (C=O) groups excluding carboxylic acids is 1. The molecule has 1 fully saturated rings. The van der Waals surface area contributed by atoms with Crippen LogP contribution in [-0.4, -0.2) is 39.9 Å². The lowest BCUT2D eigenvalue weighted by Gasteiger charge is -2.18. The van der Waals surface area contributed by atoms with Gasteiger partial charge in [0.2, 0.25) is 0 Å². The summed E-state index contributed by atoms with van der Waals surface area (Å²) in [6.07, 6.45) is 6.56. The third-order valence-electron chi connectivity index (χ3n) is 4.96. The summed E-state index contributed by atoms with van der Waals surface area (Å²) in [4.78, 5) is 15.1. The molecule has 1 aliphatic heterocycles. The molecule has 1 aromatic carbocycles. The molecule has 1 unspecified atom stereocenters. The van der Waals surface area contributed by atoms with Crippen molar-refractivity contribution in [3.8, 4) is 5.82 Å². The summed E-state index contributed by atoms with van der Waals surface area (Å²) in [5, 5.41) is 7.35. The van der Waals surface area contributed by atoms with E-state index in [-0.39, 0.29) is 5.91 Å². The van der Waals surface area contributed by atoms with Gasteiger partial charge in [0.15, 0.2) is 0 Å². The first-order valence-electron chi connectivity index (χ1n) is 8.96. The van der Waals surface area contributed by atoms with Gasteiger partial charge in [-0.3, -0.25) is 9.48 Å². The summed E-state index contributed by atoms with van der Waals surface area (Å²) in [7, 11) is 1.85. The molecule has 0 spiro atoms. The maximum absolute atomic E-state index is 12.7. The molecule has 6 nitrogen and oxygen atoms in total. The molecule has 1 saturated heterocycles. The minimum atomic E-state index is -0.0695. The van der Waals surface area contributed by atoms with Gasteiger partial charge in [-0.25, -0.2) is 0 Å². The van der Waals surface area contributed by atoms with Crippen molar-refractivity contribution < 1.29 is 4.79 Å². The van der Waals surface area contributed by atoms with E-state index in [0.29, 0.717) is 18.0 Å². The molecular weight excluding hydrogens is 326 g/mol. The van der Waals surface area contributed by atoms with Crippen LogP contribution in [-0.2, 0) is 7.05 Å². The van der Waals surface area contributed by atoms with Crippen molar-refractivity contribution in [2.75, 3.05) is 24.5 Å². The number of benzene rings is 1. The maximum Gasteiger partial charge on any atom is 0.256 e. The van der Waals surface area contributed by atoms with Crippen LogP contribution >= 0.6 is 0 Å². The van der Waals surface area contributed by atoms with Crippen molar-refractivity contribution in [2.24, 2.45) is 13.0 Å². The molecular formula is C20H23N5O. The maximum atomic E-state index is 12.7. The van der Waals surface area contributed by atoms with Crippen LogP contribution in [0.25, 0.3) is 5.82 Å². The van der Waals surface area contributed by atoms with Crippen molar-refractivity contribution in [1.29, 1.82) is 0 Å². The number of nitrogens with zero attached hydrogens (tertiary/aromatic N) is 4. The molecule has 26 heavy (non-hydrogen) atoms. The molecule has 134 valence electrons. The Hall–Kier alpha value is -3.02.